The second-order valence-corrected chi connectivity index (χ2v) is 20.9. The van der Waals surface area contributed by atoms with Crippen molar-refractivity contribution >= 4 is 32.8 Å². The van der Waals surface area contributed by atoms with Crippen LogP contribution in [0, 0.1) is 3.80 Å². The van der Waals surface area contributed by atoms with Crippen LogP contribution in [0.15, 0.2) is 170 Å². The van der Waals surface area contributed by atoms with Gasteiger partial charge in [0.1, 0.15) is 0 Å². The van der Waals surface area contributed by atoms with Crippen molar-refractivity contribution < 1.29 is 24.1 Å². The first-order chi connectivity index (χ1) is 31.9. The molecule has 0 atom stereocenters. The molecular weight excluding hydrogens is 988 g/mol. The third-order valence-corrected chi connectivity index (χ3v) is 14.4. The molecule has 10 aromatic rings. The van der Waals surface area contributed by atoms with E-state index < -0.39 is 0 Å². The van der Waals surface area contributed by atoms with Gasteiger partial charge in [0, 0.05) is 6.20 Å². The average Bonchev–Trinajstić information content (AvgIpc) is 3.80. The van der Waals surface area contributed by atoms with Crippen LogP contribution in [-0.4, -0.2) is 18.7 Å². The fourth-order valence-electron chi connectivity index (χ4n) is 9.93. The summed E-state index contributed by atoms with van der Waals surface area (Å²) >= 11 is 2.54. The zero-order valence-electron chi connectivity index (χ0n) is 38.5. The van der Waals surface area contributed by atoms with Gasteiger partial charge in [-0.05, 0) is 42.9 Å². The molecule has 3 heterocycles. The van der Waals surface area contributed by atoms with Gasteiger partial charge in [0.15, 0.2) is 0 Å². The Balaban J connectivity index is 1.07. The van der Waals surface area contributed by atoms with Crippen LogP contribution in [-0.2, 0) is 43.0 Å². The first-order valence-electron chi connectivity index (χ1n) is 23.2. The van der Waals surface area contributed by atoms with Crippen molar-refractivity contribution in [2.24, 2.45) is 0 Å². The van der Waals surface area contributed by atoms with Gasteiger partial charge in [-0.3, -0.25) is 0 Å². The van der Waals surface area contributed by atoms with Crippen LogP contribution >= 0.6 is 0 Å². The van der Waals surface area contributed by atoms with E-state index in [1.54, 1.807) is 0 Å². The Morgan fingerprint density at radius 2 is 1.11 bits per heavy atom. The predicted octanol–water partition coefficient (Wildman–Crippen LogP) is 15.6. The maximum atomic E-state index is 6.85. The van der Waals surface area contributed by atoms with Crippen LogP contribution in [0.4, 0.5) is 0 Å². The van der Waals surface area contributed by atoms with E-state index in [9.17, 15) is 0 Å². The molecule has 1 aliphatic rings. The van der Waals surface area contributed by atoms with Crippen molar-refractivity contribution in [2.45, 2.75) is 78.1 Å². The zero-order chi connectivity index (χ0) is 45.3. The molecule has 6 heteroatoms. The van der Waals surface area contributed by atoms with Gasteiger partial charge >= 0.3 is 346 Å². The second kappa shape index (κ2) is 16.4. The van der Waals surface area contributed by atoms with Crippen LogP contribution in [0.25, 0.3) is 72.3 Å². The number of ether oxygens (including phenoxy) is 1. The van der Waals surface area contributed by atoms with Gasteiger partial charge in [-0.1, -0.05) is 6.07 Å². The molecule has 1 aliphatic carbocycles. The molecule has 5 nitrogen and oxygen atoms in total. The van der Waals surface area contributed by atoms with E-state index in [2.05, 4.69) is 232 Å². The van der Waals surface area contributed by atoms with E-state index in [0.29, 0.717) is 0 Å². The summed E-state index contributed by atoms with van der Waals surface area (Å²) in [5.41, 5.74) is 17.0. The van der Waals surface area contributed by atoms with Gasteiger partial charge in [-0.25, -0.2) is 0 Å². The molecule has 0 bridgehead atoms. The summed E-state index contributed by atoms with van der Waals surface area (Å²) in [4.78, 5) is 4.84. The number of aromatic nitrogens is 4. The Kier molecular flexibility index (Phi) is 10.5. The SMILES string of the molecule is CC(C)(C)c1cc(-c2cccc(-c3ccccc3)c2-n2[c](=[Pt])n(-c3cccc(Oc4ccc5c6cc7c(cc6n(-c6ccccn6)c5c4)CCCC7)c3)c3ccccc32)cc(C(C)(C)C)c1. The first kappa shape index (κ1) is 42.1. The maximum absolute atomic E-state index is 6.85. The molecule has 66 heavy (non-hydrogen) atoms. The predicted molar refractivity (Wildman–Crippen MR) is 269 cm³/mol. The fourth-order valence-corrected chi connectivity index (χ4v) is 11.0. The molecular formula is C60H54N4OPt. The summed E-state index contributed by atoms with van der Waals surface area (Å²) < 4.78 is 15.0. The number of rotatable bonds is 7. The molecule has 3 aromatic heterocycles. The minimum atomic E-state index is -0.0270. The van der Waals surface area contributed by atoms with Crippen molar-refractivity contribution in [2.75, 3.05) is 0 Å². The first-order valence-corrected chi connectivity index (χ1v) is 24.4. The number of hydrogen-bond donors (Lipinski definition) is 0. The van der Waals surface area contributed by atoms with Gasteiger partial charge < -0.3 is 0 Å². The van der Waals surface area contributed by atoms with E-state index in [-0.39, 0.29) is 10.8 Å². The Morgan fingerprint density at radius 3 is 1.80 bits per heavy atom. The van der Waals surface area contributed by atoms with Gasteiger partial charge in [0.25, 0.3) is 0 Å². The Labute approximate surface area is 398 Å². The normalized spacial score (nSPS) is 13.2. The molecule has 0 N–H and O–H groups in total. The molecule has 0 fully saturated rings. The quantitative estimate of drug-likeness (QED) is 0.159. The van der Waals surface area contributed by atoms with E-state index >= 15 is 0 Å². The summed E-state index contributed by atoms with van der Waals surface area (Å²) in [6, 6.07) is 59.6. The summed E-state index contributed by atoms with van der Waals surface area (Å²) in [5, 5.41) is 2.47. The molecule has 0 saturated carbocycles. The molecule has 0 saturated heterocycles. The van der Waals surface area contributed by atoms with Crippen LogP contribution < -0.4 is 4.74 Å². The number of pyridine rings is 1. The molecule has 0 unspecified atom stereocenters. The number of fused-ring (bicyclic) bond motifs is 5. The molecule has 0 spiro atoms. The van der Waals surface area contributed by atoms with Gasteiger partial charge in [-0.2, -0.15) is 0 Å². The van der Waals surface area contributed by atoms with E-state index in [4.69, 9.17) is 9.72 Å². The Bertz CT molecular complexity index is 3510. The third kappa shape index (κ3) is 7.48. The van der Waals surface area contributed by atoms with Crippen molar-refractivity contribution in [3.05, 3.63) is 196 Å². The summed E-state index contributed by atoms with van der Waals surface area (Å²) in [6.45, 7) is 13.9. The van der Waals surface area contributed by atoms with Crippen LogP contribution in [0.2, 0.25) is 0 Å². The van der Waals surface area contributed by atoms with Gasteiger partial charge in [-0.15, -0.1) is 0 Å². The van der Waals surface area contributed by atoms with E-state index in [0.717, 1.165) is 61.9 Å². The minimum absolute atomic E-state index is 0.0270. The summed E-state index contributed by atoms with van der Waals surface area (Å²) in [6.07, 6.45) is 6.63. The van der Waals surface area contributed by atoms with Gasteiger partial charge in [0.05, 0.1) is 0 Å². The summed E-state index contributed by atoms with van der Waals surface area (Å²) in [7, 11) is 0. The topological polar surface area (TPSA) is 36.9 Å². The van der Waals surface area contributed by atoms with Crippen molar-refractivity contribution in [3.8, 4) is 50.9 Å². The average molecular weight is 1040 g/mol. The van der Waals surface area contributed by atoms with Crippen molar-refractivity contribution in [3.63, 3.8) is 0 Å². The van der Waals surface area contributed by atoms with Crippen LogP contribution in [0.3, 0.4) is 0 Å². The van der Waals surface area contributed by atoms with Gasteiger partial charge in [0.2, 0.25) is 0 Å². The molecule has 0 radical (unpaired) electrons. The standard InChI is InChI=1S/C60H54N4O.Pt/c1-59(2,3)44-32-43(33-45(36-44)60(4,5)6)50-25-17-24-49(40-18-8-7-9-19-40)58(50)63-39-62(53-26-12-13-27-54(53)63)46-22-16-23-47(37-46)65-48-29-30-51-52-34-41-20-10-11-21-42(41)35-55(52)64(56(51)38-48)57-28-14-15-31-61-57;/h7-9,12-19,22-38H,10-11,20-21H2,1-6H3;. The number of hydrogen-bond acceptors (Lipinski definition) is 2. The number of para-hydroxylation sites is 3. The van der Waals surface area contributed by atoms with E-state index in [1.165, 1.54) is 73.6 Å². The van der Waals surface area contributed by atoms with Crippen molar-refractivity contribution in [1.29, 1.82) is 0 Å². The number of aryl methyl sites for hydroxylation is 2. The fraction of sp³-hybridized carbons (Fsp3) is 0.200. The monoisotopic (exact) mass is 1040 g/mol. The van der Waals surface area contributed by atoms with E-state index in [1.807, 2.05) is 12.3 Å². The summed E-state index contributed by atoms with van der Waals surface area (Å²) in [5.74, 6) is 2.45. The molecule has 11 rings (SSSR count). The van der Waals surface area contributed by atoms with Crippen molar-refractivity contribution in [1.82, 2.24) is 18.7 Å². The Hall–Kier alpha value is -6.55. The number of nitrogens with zero attached hydrogens (tertiary/aromatic N) is 4. The molecule has 0 aliphatic heterocycles. The molecule has 7 aromatic carbocycles. The second-order valence-electron chi connectivity index (χ2n) is 19.9. The number of benzene rings is 7. The van der Waals surface area contributed by atoms with Crippen LogP contribution in [0.5, 0.6) is 11.5 Å². The Morgan fingerprint density at radius 1 is 0.485 bits per heavy atom. The number of imidazole rings is 1. The zero-order valence-corrected chi connectivity index (χ0v) is 40.8. The third-order valence-electron chi connectivity index (χ3n) is 13.4. The molecule has 330 valence electrons. The molecule has 0 amide bonds. The van der Waals surface area contributed by atoms with Crippen LogP contribution in [0.1, 0.15) is 76.6 Å².